The second-order valence-electron chi connectivity index (χ2n) is 8.25. The molecule has 1 aromatic rings. The highest BCUT2D eigenvalue weighted by Crippen LogP contribution is 2.45. The topological polar surface area (TPSA) is 90.8 Å². The second-order valence-corrected chi connectivity index (χ2v) is 8.25. The molecule has 1 aliphatic carbocycles. The standard InChI is InChI=1S/C20H25N3O4/c1-13-3-2-4-15(21-13)18(25)22-9-7-20(8-10-22)11-16(19(26)27)23(12-20)17(24)14-5-6-14/h2-4,14,16H,5-12H2,1H3,(H,26,27). The molecule has 1 atom stereocenters. The predicted molar refractivity (Wildman–Crippen MR) is 97.0 cm³/mol. The van der Waals surface area contributed by atoms with Crippen molar-refractivity contribution in [3.8, 4) is 0 Å². The normalized spacial score (nSPS) is 24.3. The molecule has 7 nitrogen and oxygen atoms in total. The van der Waals surface area contributed by atoms with Crippen LogP contribution in [-0.2, 0) is 9.59 Å². The number of carbonyl (C=O) groups is 3. The summed E-state index contributed by atoms with van der Waals surface area (Å²) in [7, 11) is 0. The number of amides is 2. The van der Waals surface area contributed by atoms with Gasteiger partial charge in [0.1, 0.15) is 11.7 Å². The molecule has 1 spiro atoms. The third-order valence-electron chi connectivity index (χ3n) is 6.22. The van der Waals surface area contributed by atoms with E-state index in [1.807, 2.05) is 19.1 Å². The first kappa shape index (κ1) is 17.9. The van der Waals surface area contributed by atoms with Gasteiger partial charge >= 0.3 is 5.97 Å². The zero-order valence-corrected chi connectivity index (χ0v) is 15.6. The Labute approximate surface area is 158 Å². The Kier molecular flexibility index (Phi) is 4.40. The summed E-state index contributed by atoms with van der Waals surface area (Å²) in [4.78, 5) is 44.6. The first-order valence-electron chi connectivity index (χ1n) is 9.65. The van der Waals surface area contributed by atoms with Crippen LogP contribution in [0.5, 0.6) is 0 Å². The number of likely N-dealkylation sites (tertiary alicyclic amines) is 2. The minimum Gasteiger partial charge on any atom is -0.480 e. The lowest BCUT2D eigenvalue weighted by Crippen LogP contribution is -2.45. The maximum Gasteiger partial charge on any atom is 0.326 e. The zero-order valence-electron chi connectivity index (χ0n) is 15.6. The van der Waals surface area contributed by atoms with Gasteiger partial charge < -0.3 is 14.9 Å². The first-order valence-corrected chi connectivity index (χ1v) is 9.65. The van der Waals surface area contributed by atoms with Crippen LogP contribution >= 0.6 is 0 Å². The molecule has 144 valence electrons. The number of piperidine rings is 1. The number of pyridine rings is 1. The lowest BCUT2D eigenvalue weighted by Gasteiger charge is -2.39. The molecule has 0 bridgehead atoms. The number of rotatable bonds is 3. The fourth-order valence-electron chi connectivity index (χ4n) is 4.44. The van der Waals surface area contributed by atoms with Crippen molar-refractivity contribution in [3.05, 3.63) is 29.6 Å². The van der Waals surface area contributed by atoms with Crippen LogP contribution in [-0.4, -0.2) is 63.4 Å². The summed E-state index contributed by atoms with van der Waals surface area (Å²) in [6.45, 7) is 3.51. The summed E-state index contributed by atoms with van der Waals surface area (Å²) in [5.74, 6) is -0.964. The van der Waals surface area contributed by atoms with Crippen molar-refractivity contribution in [1.29, 1.82) is 0 Å². The van der Waals surface area contributed by atoms with Crippen molar-refractivity contribution in [2.75, 3.05) is 19.6 Å². The average Bonchev–Trinajstić information content (AvgIpc) is 3.43. The fourth-order valence-corrected chi connectivity index (χ4v) is 4.44. The zero-order chi connectivity index (χ0) is 19.2. The number of aryl methyl sites for hydroxylation is 1. The Bertz CT molecular complexity index is 781. The van der Waals surface area contributed by atoms with Gasteiger partial charge in [-0.3, -0.25) is 9.59 Å². The number of carbonyl (C=O) groups excluding carboxylic acids is 2. The van der Waals surface area contributed by atoms with Crippen LogP contribution < -0.4 is 0 Å². The molecule has 1 unspecified atom stereocenters. The number of aromatic nitrogens is 1. The van der Waals surface area contributed by atoms with Crippen LogP contribution in [0.1, 0.15) is 48.3 Å². The molecule has 0 radical (unpaired) electrons. The molecule has 2 aliphatic heterocycles. The summed E-state index contributed by atoms with van der Waals surface area (Å²) in [5.41, 5.74) is 1.07. The van der Waals surface area contributed by atoms with Gasteiger partial charge in [0, 0.05) is 31.2 Å². The quantitative estimate of drug-likeness (QED) is 0.873. The van der Waals surface area contributed by atoms with Gasteiger partial charge in [0.15, 0.2) is 0 Å². The minimum atomic E-state index is -0.914. The van der Waals surface area contributed by atoms with Crippen LogP contribution in [0.15, 0.2) is 18.2 Å². The van der Waals surface area contributed by atoms with E-state index in [9.17, 15) is 19.5 Å². The predicted octanol–water partition coefficient (Wildman–Crippen LogP) is 1.71. The fraction of sp³-hybridized carbons (Fsp3) is 0.600. The van der Waals surface area contributed by atoms with Gasteiger partial charge in [-0.1, -0.05) is 6.07 Å². The molecule has 7 heteroatoms. The van der Waals surface area contributed by atoms with E-state index in [1.54, 1.807) is 15.9 Å². The van der Waals surface area contributed by atoms with Crippen molar-refractivity contribution in [1.82, 2.24) is 14.8 Å². The molecule has 0 aromatic carbocycles. The van der Waals surface area contributed by atoms with Crippen LogP contribution in [0.4, 0.5) is 0 Å². The van der Waals surface area contributed by atoms with Gasteiger partial charge in [-0.25, -0.2) is 9.78 Å². The van der Waals surface area contributed by atoms with Crippen LogP contribution in [0.25, 0.3) is 0 Å². The van der Waals surface area contributed by atoms with Crippen molar-refractivity contribution >= 4 is 17.8 Å². The van der Waals surface area contributed by atoms with Crippen molar-refractivity contribution < 1.29 is 19.5 Å². The van der Waals surface area contributed by atoms with E-state index in [4.69, 9.17) is 0 Å². The number of carboxylic acids is 1. The highest BCUT2D eigenvalue weighted by atomic mass is 16.4. The van der Waals surface area contributed by atoms with Crippen molar-refractivity contribution in [2.45, 2.75) is 45.1 Å². The highest BCUT2D eigenvalue weighted by Gasteiger charge is 2.52. The summed E-state index contributed by atoms with van der Waals surface area (Å²) >= 11 is 0. The molecule has 1 N–H and O–H groups in total. The molecule has 3 fully saturated rings. The van der Waals surface area contributed by atoms with Gasteiger partial charge in [-0.05, 0) is 56.6 Å². The van der Waals surface area contributed by atoms with E-state index in [0.717, 1.165) is 31.4 Å². The van der Waals surface area contributed by atoms with Gasteiger partial charge in [-0.2, -0.15) is 0 Å². The third kappa shape index (κ3) is 3.42. The monoisotopic (exact) mass is 371 g/mol. The number of hydrogen-bond acceptors (Lipinski definition) is 4. The Balaban J connectivity index is 1.44. The lowest BCUT2D eigenvalue weighted by atomic mass is 9.76. The Morgan fingerprint density at radius 1 is 1.19 bits per heavy atom. The van der Waals surface area contributed by atoms with Gasteiger partial charge in [0.25, 0.3) is 5.91 Å². The molecular formula is C20H25N3O4. The molecule has 3 heterocycles. The highest BCUT2D eigenvalue weighted by molar-refractivity contribution is 5.92. The Morgan fingerprint density at radius 2 is 1.89 bits per heavy atom. The van der Waals surface area contributed by atoms with E-state index >= 15 is 0 Å². The van der Waals surface area contributed by atoms with Gasteiger partial charge in [-0.15, -0.1) is 0 Å². The van der Waals surface area contributed by atoms with Crippen molar-refractivity contribution in [3.63, 3.8) is 0 Å². The van der Waals surface area contributed by atoms with Crippen molar-refractivity contribution in [2.24, 2.45) is 11.3 Å². The molecule has 2 amide bonds. The number of carboxylic acid groups (broad SMARTS) is 1. The van der Waals surface area contributed by atoms with E-state index in [-0.39, 0.29) is 23.1 Å². The number of nitrogens with zero attached hydrogens (tertiary/aromatic N) is 3. The van der Waals surface area contributed by atoms with Gasteiger partial charge in [0.2, 0.25) is 5.91 Å². The van der Waals surface area contributed by atoms with Crippen LogP contribution in [0.3, 0.4) is 0 Å². The summed E-state index contributed by atoms with van der Waals surface area (Å²) < 4.78 is 0. The van der Waals surface area contributed by atoms with Crippen LogP contribution in [0.2, 0.25) is 0 Å². The van der Waals surface area contributed by atoms with E-state index in [2.05, 4.69) is 4.98 Å². The minimum absolute atomic E-state index is 0.00161. The molecular weight excluding hydrogens is 346 g/mol. The van der Waals surface area contributed by atoms with Crippen LogP contribution in [0, 0.1) is 18.3 Å². The maximum atomic E-state index is 12.7. The molecule has 27 heavy (non-hydrogen) atoms. The van der Waals surface area contributed by atoms with Gasteiger partial charge in [0.05, 0.1) is 0 Å². The largest absolute Gasteiger partial charge is 0.480 e. The summed E-state index contributed by atoms with van der Waals surface area (Å²) in [6, 6.07) is 4.69. The van der Waals surface area contributed by atoms with E-state index in [1.165, 1.54) is 0 Å². The maximum absolute atomic E-state index is 12.7. The third-order valence-corrected chi connectivity index (χ3v) is 6.22. The first-order chi connectivity index (χ1) is 12.9. The Morgan fingerprint density at radius 3 is 2.48 bits per heavy atom. The van der Waals surface area contributed by atoms with E-state index in [0.29, 0.717) is 31.7 Å². The summed E-state index contributed by atoms with van der Waals surface area (Å²) in [6.07, 6.45) is 3.69. The number of aliphatic carboxylic acids is 1. The molecule has 3 aliphatic rings. The molecule has 1 aromatic heterocycles. The molecule has 2 saturated heterocycles. The SMILES string of the molecule is Cc1cccc(C(=O)N2CCC3(CC2)CC(C(=O)O)N(C(=O)C2CC2)C3)n1. The molecule has 4 rings (SSSR count). The number of hydrogen-bond donors (Lipinski definition) is 1. The smallest absolute Gasteiger partial charge is 0.326 e. The van der Waals surface area contributed by atoms with E-state index < -0.39 is 12.0 Å². The average molecular weight is 371 g/mol. The summed E-state index contributed by atoms with van der Waals surface area (Å²) in [5, 5.41) is 9.60. The molecule has 1 saturated carbocycles. The Hall–Kier alpha value is -2.44. The second kappa shape index (κ2) is 6.62. The lowest BCUT2D eigenvalue weighted by molar-refractivity contribution is -0.148.